The maximum absolute atomic E-state index is 12.8. The fraction of sp³-hybridized carbons (Fsp3) is 0.545. The highest BCUT2D eigenvalue weighted by molar-refractivity contribution is 7.98. The molecule has 2 aliphatic rings. The van der Waals surface area contributed by atoms with Crippen LogP contribution in [-0.2, 0) is 25.8 Å². The summed E-state index contributed by atoms with van der Waals surface area (Å²) in [6.07, 6.45) is 3.29. The SMILES string of the molecule is Cc1cc(C(=O)N2CCC(C)CC2)ccc1NCc1c2c(nn1C)CCSC2. The molecule has 0 spiro atoms. The lowest BCUT2D eigenvalue weighted by Gasteiger charge is -2.30. The Morgan fingerprint density at radius 3 is 2.86 bits per heavy atom. The van der Waals surface area contributed by atoms with Crippen molar-refractivity contribution in [3.63, 3.8) is 0 Å². The Morgan fingerprint density at radius 1 is 1.32 bits per heavy atom. The van der Waals surface area contributed by atoms with Crippen molar-refractivity contribution in [2.75, 3.05) is 24.2 Å². The Bertz CT molecular complexity index is 868. The monoisotopic (exact) mass is 398 g/mol. The lowest BCUT2D eigenvalue weighted by Crippen LogP contribution is -2.37. The van der Waals surface area contributed by atoms with E-state index in [0.29, 0.717) is 0 Å². The minimum atomic E-state index is 0.166. The molecular weight excluding hydrogens is 368 g/mol. The first-order valence-corrected chi connectivity index (χ1v) is 11.4. The number of hydrogen-bond acceptors (Lipinski definition) is 4. The van der Waals surface area contributed by atoms with E-state index >= 15 is 0 Å². The van der Waals surface area contributed by atoms with Crippen LogP contribution in [0.15, 0.2) is 18.2 Å². The molecule has 0 radical (unpaired) electrons. The molecule has 3 heterocycles. The lowest BCUT2D eigenvalue weighted by atomic mass is 9.98. The largest absolute Gasteiger partial charge is 0.379 e. The van der Waals surface area contributed by atoms with Gasteiger partial charge in [0, 0.05) is 49.1 Å². The Hall–Kier alpha value is -1.95. The number of hydrogen-bond donors (Lipinski definition) is 1. The van der Waals surface area contributed by atoms with E-state index in [1.807, 2.05) is 46.6 Å². The van der Waals surface area contributed by atoms with Gasteiger partial charge in [0.1, 0.15) is 0 Å². The second-order valence-corrected chi connectivity index (χ2v) is 9.26. The lowest BCUT2D eigenvalue weighted by molar-refractivity contribution is 0.0697. The van der Waals surface area contributed by atoms with Crippen molar-refractivity contribution in [3.05, 3.63) is 46.3 Å². The third kappa shape index (κ3) is 3.93. The number of amides is 1. The summed E-state index contributed by atoms with van der Waals surface area (Å²) in [7, 11) is 2.04. The number of nitrogens with one attached hydrogen (secondary N) is 1. The molecule has 0 unspecified atom stereocenters. The predicted molar refractivity (Wildman–Crippen MR) is 116 cm³/mol. The van der Waals surface area contributed by atoms with E-state index < -0.39 is 0 Å². The zero-order chi connectivity index (χ0) is 19.7. The molecule has 2 aromatic rings. The molecule has 1 fully saturated rings. The molecule has 4 rings (SSSR count). The van der Waals surface area contributed by atoms with Crippen molar-refractivity contribution in [2.24, 2.45) is 13.0 Å². The van der Waals surface area contributed by atoms with Gasteiger partial charge in [-0.3, -0.25) is 9.48 Å². The third-order valence-electron chi connectivity index (χ3n) is 6.08. The second kappa shape index (κ2) is 8.19. The number of nitrogens with zero attached hydrogens (tertiary/aromatic N) is 3. The summed E-state index contributed by atoms with van der Waals surface area (Å²) in [5.41, 5.74) is 6.92. The van der Waals surface area contributed by atoms with Gasteiger partial charge in [-0.1, -0.05) is 6.92 Å². The Labute approximate surface area is 171 Å². The molecule has 6 heteroatoms. The van der Waals surface area contributed by atoms with Crippen LogP contribution in [0.5, 0.6) is 0 Å². The van der Waals surface area contributed by atoms with Crippen molar-refractivity contribution in [1.29, 1.82) is 0 Å². The number of carbonyl (C=O) groups excluding carboxylic acids is 1. The molecule has 0 atom stereocenters. The van der Waals surface area contributed by atoms with Crippen LogP contribution in [0.25, 0.3) is 0 Å². The van der Waals surface area contributed by atoms with E-state index in [9.17, 15) is 4.79 Å². The van der Waals surface area contributed by atoms with Gasteiger partial charge in [0.25, 0.3) is 5.91 Å². The normalized spacial score (nSPS) is 17.5. The van der Waals surface area contributed by atoms with Gasteiger partial charge in [-0.05, 0) is 55.2 Å². The molecule has 0 aliphatic carbocycles. The van der Waals surface area contributed by atoms with Gasteiger partial charge >= 0.3 is 0 Å². The molecule has 1 saturated heterocycles. The van der Waals surface area contributed by atoms with Crippen LogP contribution in [0.1, 0.15) is 52.6 Å². The maximum Gasteiger partial charge on any atom is 0.253 e. The summed E-state index contributed by atoms with van der Waals surface area (Å²) >= 11 is 1.99. The molecule has 1 amide bonds. The molecular formula is C22H30N4OS. The highest BCUT2D eigenvalue weighted by Crippen LogP contribution is 2.28. The molecule has 0 bridgehead atoms. The van der Waals surface area contributed by atoms with Gasteiger partial charge in [0.15, 0.2) is 0 Å². The van der Waals surface area contributed by atoms with Crippen LogP contribution in [0.4, 0.5) is 5.69 Å². The van der Waals surface area contributed by atoms with Crippen LogP contribution in [0.2, 0.25) is 0 Å². The standard InChI is InChI=1S/C22H30N4OS/c1-15-6-9-26(10-7-15)22(27)17-4-5-19(16(2)12-17)23-13-21-18-14-28-11-8-20(18)24-25(21)3/h4-5,12,15,23H,6-11,13-14H2,1-3H3. The summed E-state index contributed by atoms with van der Waals surface area (Å²) < 4.78 is 2.02. The number of benzene rings is 1. The van der Waals surface area contributed by atoms with Gasteiger partial charge in [0.05, 0.1) is 17.9 Å². The third-order valence-corrected chi connectivity index (χ3v) is 7.06. The first kappa shape index (κ1) is 19.4. The average molecular weight is 399 g/mol. The summed E-state index contributed by atoms with van der Waals surface area (Å²) in [5, 5.41) is 8.26. The first-order valence-electron chi connectivity index (χ1n) is 10.3. The molecule has 1 N–H and O–H groups in total. The van der Waals surface area contributed by atoms with Crippen LogP contribution in [0, 0.1) is 12.8 Å². The van der Waals surface area contributed by atoms with E-state index in [1.54, 1.807) is 0 Å². The molecule has 150 valence electrons. The summed E-state index contributed by atoms with van der Waals surface area (Å²) in [6.45, 7) is 6.86. The number of aromatic nitrogens is 2. The van der Waals surface area contributed by atoms with E-state index in [2.05, 4.69) is 19.2 Å². The summed E-state index contributed by atoms with van der Waals surface area (Å²) in [4.78, 5) is 14.8. The van der Waals surface area contributed by atoms with Crippen molar-refractivity contribution >= 4 is 23.4 Å². The van der Waals surface area contributed by atoms with Gasteiger partial charge in [0.2, 0.25) is 0 Å². The van der Waals surface area contributed by atoms with E-state index in [0.717, 1.165) is 67.4 Å². The number of rotatable bonds is 4. The van der Waals surface area contributed by atoms with Crippen molar-refractivity contribution in [3.8, 4) is 0 Å². The number of carbonyl (C=O) groups is 1. The quantitative estimate of drug-likeness (QED) is 0.846. The average Bonchev–Trinajstić information content (AvgIpc) is 3.02. The fourth-order valence-corrected chi connectivity index (χ4v) is 5.18. The molecule has 1 aromatic carbocycles. The Balaban J connectivity index is 1.44. The highest BCUT2D eigenvalue weighted by atomic mass is 32.2. The predicted octanol–water partition coefficient (Wildman–Crippen LogP) is 4.00. The zero-order valence-corrected chi connectivity index (χ0v) is 17.9. The molecule has 28 heavy (non-hydrogen) atoms. The topological polar surface area (TPSA) is 50.2 Å². The molecule has 1 aromatic heterocycles. The smallest absolute Gasteiger partial charge is 0.253 e. The highest BCUT2D eigenvalue weighted by Gasteiger charge is 2.22. The Kier molecular flexibility index (Phi) is 5.67. The summed E-state index contributed by atoms with van der Waals surface area (Å²) in [6, 6.07) is 6.04. The van der Waals surface area contributed by atoms with Crippen LogP contribution < -0.4 is 5.32 Å². The molecule has 5 nitrogen and oxygen atoms in total. The van der Waals surface area contributed by atoms with E-state index in [1.165, 1.54) is 22.7 Å². The maximum atomic E-state index is 12.8. The number of fused-ring (bicyclic) bond motifs is 1. The zero-order valence-electron chi connectivity index (χ0n) is 17.1. The van der Waals surface area contributed by atoms with Crippen molar-refractivity contribution in [1.82, 2.24) is 14.7 Å². The van der Waals surface area contributed by atoms with Gasteiger partial charge in [-0.25, -0.2) is 0 Å². The van der Waals surface area contributed by atoms with Gasteiger partial charge in [-0.15, -0.1) is 0 Å². The minimum absolute atomic E-state index is 0.166. The number of likely N-dealkylation sites (tertiary alicyclic amines) is 1. The number of piperidine rings is 1. The summed E-state index contributed by atoms with van der Waals surface area (Å²) in [5.74, 6) is 3.12. The van der Waals surface area contributed by atoms with E-state index in [-0.39, 0.29) is 5.91 Å². The number of anilines is 1. The number of thioether (sulfide) groups is 1. The molecule has 2 aliphatic heterocycles. The van der Waals surface area contributed by atoms with Crippen LogP contribution in [0.3, 0.4) is 0 Å². The fourth-order valence-electron chi connectivity index (χ4n) is 4.16. The van der Waals surface area contributed by atoms with E-state index in [4.69, 9.17) is 5.10 Å². The first-order chi connectivity index (χ1) is 13.5. The van der Waals surface area contributed by atoms with Crippen molar-refractivity contribution < 1.29 is 4.79 Å². The van der Waals surface area contributed by atoms with Gasteiger partial charge < -0.3 is 10.2 Å². The van der Waals surface area contributed by atoms with Gasteiger partial charge in [-0.2, -0.15) is 16.9 Å². The minimum Gasteiger partial charge on any atom is -0.379 e. The molecule has 0 saturated carbocycles. The van der Waals surface area contributed by atoms with Crippen LogP contribution >= 0.6 is 11.8 Å². The van der Waals surface area contributed by atoms with Crippen molar-refractivity contribution in [2.45, 2.75) is 45.4 Å². The second-order valence-electron chi connectivity index (χ2n) is 8.16. The van der Waals surface area contributed by atoms with Crippen LogP contribution in [-0.4, -0.2) is 39.4 Å². The Morgan fingerprint density at radius 2 is 2.11 bits per heavy atom. The number of aryl methyl sites for hydroxylation is 3.